The first kappa shape index (κ1) is 17.0. The zero-order valence-electron chi connectivity index (χ0n) is 14.9. The molecule has 1 atom stereocenters. The minimum absolute atomic E-state index is 0.0167. The van der Waals surface area contributed by atoms with E-state index in [1.807, 2.05) is 11.3 Å². The molecule has 0 radical (unpaired) electrons. The normalized spacial score (nSPS) is 21.6. The maximum Gasteiger partial charge on any atom is 0.237 e. The first-order valence-electron chi connectivity index (χ1n) is 9.60. The van der Waals surface area contributed by atoms with Gasteiger partial charge in [-0.05, 0) is 57.8 Å². The Morgan fingerprint density at radius 3 is 2.64 bits per heavy atom. The highest BCUT2D eigenvalue weighted by Crippen LogP contribution is 2.34. The van der Waals surface area contributed by atoms with Gasteiger partial charge in [-0.3, -0.25) is 9.69 Å². The van der Waals surface area contributed by atoms with Crippen molar-refractivity contribution >= 4 is 27.5 Å². The van der Waals surface area contributed by atoms with Gasteiger partial charge in [0.05, 0.1) is 21.3 Å². The number of hydrogen-bond acceptors (Lipinski definition) is 4. The third-order valence-corrected chi connectivity index (χ3v) is 7.02. The zero-order valence-corrected chi connectivity index (χ0v) is 15.7. The summed E-state index contributed by atoms with van der Waals surface area (Å²) in [5, 5.41) is 4.51. The average Bonchev–Trinajstić information content (AvgIpc) is 3.30. The van der Waals surface area contributed by atoms with Gasteiger partial charge in [0.25, 0.3) is 0 Å². The lowest BCUT2D eigenvalue weighted by atomic mass is 9.96. The number of likely N-dealkylation sites (tertiary alicyclic amines) is 1. The quantitative estimate of drug-likeness (QED) is 0.902. The highest BCUT2D eigenvalue weighted by Gasteiger charge is 2.29. The van der Waals surface area contributed by atoms with Gasteiger partial charge >= 0.3 is 0 Å². The monoisotopic (exact) mass is 357 g/mol. The SMILES string of the molecule is CC(C(=O)NC1CCCC1)N1CCC(c2nc3ccccc3s2)CC1. The van der Waals surface area contributed by atoms with E-state index in [0.29, 0.717) is 12.0 Å². The van der Waals surface area contributed by atoms with Crippen LogP contribution in [-0.4, -0.2) is 41.0 Å². The maximum absolute atomic E-state index is 12.5. The molecule has 25 heavy (non-hydrogen) atoms. The summed E-state index contributed by atoms with van der Waals surface area (Å²) in [4.78, 5) is 19.7. The van der Waals surface area contributed by atoms with Gasteiger partial charge in [-0.1, -0.05) is 25.0 Å². The molecule has 4 nitrogen and oxygen atoms in total. The lowest BCUT2D eigenvalue weighted by Gasteiger charge is -2.35. The smallest absolute Gasteiger partial charge is 0.237 e. The van der Waals surface area contributed by atoms with Gasteiger partial charge in [-0.15, -0.1) is 11.3 Å². The summed E-state index contributed by atoms with van der Waals surface area (Å²) < 4.78 is 1.28. The number of aromatic nitrogens is 1. The number of fused-ring (bicyclic) bond motifs is 1. The molecule has 1 unspecified atom stereocenters. The number of benzene rings is 1. The molecule has 1 aliphatic heterocycles. The van der Waals surface area contributed by atoms with Crippen molar-refractivity contribution in [3.05, 3.63) is 29.3 Å². The van der Waals surface area contributed by atoms with Gasteiger partial charge in [0, 0.05) is 12.0 Å². The highest BCUT2D eigenvalue weighted by molar-refractivity contribution is 7.18. The minimum Gasteiger partial charge on any atom is -0.352 e. The van der Waals surface area contributed by atoms with E-state index in [1.165, 1.54) is 22.5 Å². The Balaban J connectivity index is 1.33. The topological polar surface area (TPSA) is 45.2 Å². The second-order valence-electron chi connectivity index (χ2n) is 7.50. The van der Waals surface area contributed by atoms with Crippen LogP contribution in [0.3, 0.4) is 0 Å². The van der Waals surface area contributed by atoms with Crippen LogP contribution in [0.1, 0.15) is 56.4 Å². The minimum atomic E-state index is -0.0167. The number of nitrogens with zero attached hydrogens (tertiary/aromatic N) is 2. The molecule has 1 aromatic carbocycles. The van der Waals surface area contributed by atoms with Crippen LogP contribution in [0.5, 0.6) is 0 Å². The van der Waals surface area contributed by atoms with Crippen LogP contribution in [0.4, 0.5) is 0 Å². The van der Waals surface area contributed by atoms with Crippen LogP contribution in [0.2, 0.25) is 0 Å². The van der Waals surface area contributed by atoms with Crippen LogP contribution in [0.25, 0.3) is 10.2 Å². The number of nitrogens with one attached hydrogen (secondary N) is 1. The summed E-state index contributed by atoms with van der Waals surface area (Å²) in [7, 11) is 0. The summed E-state index contributed by atoms with van der Waals surface area (Å²) in [5.41, 5.74) is 1.12. The number of piperidine rings is 1. The second-order valence-corrected chi connectivity index (χ2v) is 8.56. The first-order chi connectivity index (χ1) is 12.2. The Kier molecular flexibility index (Phi) is 5.04. The molecule has 1 amide bonds. The molecule has 1 N–H and O–H groups in total. The Bertz CT molecular complexity index is 696. The molecule has 1 saturated carbocycles. The van der Waals surface area contributed by atoms with Crippen LogP contribution >= 0.6 is 11.3 Å². The molecular formula is C20H27N3OS. The summed E-state index contributed by atoms with van der Waals surface area (Å²) >= 11 is 1.83. The number of para-hydroxylation sites is 1. The van der Waals surface area contributed by atoms with Gasteiger partial charge in [0.15, 0.2) is 0 Å². The van der Waals surface area contributed by atoms with Gasteiger partial charge < -0.3 is 5.32 Å². The van der Waals surface area contributed by atoms with Crippen molar-refractivity contribution in [2.75, 3.05) is 13.1 Å². The third-order valence-electron chi connectivity index (χ3n) is 5.82. The van der Waals surface area contributed by atoms with E-state index in [4.69, 9.17) is 4.98 Å². The van der Waals surface area contributed by atoms with Crippen LogP contribution in [0.15, 0.2) is 24.3 Å². The third kappa shape index (κ3) is 3.72. The van der Waals surface area contributed by atoms with Gasteiger partial charge in [-0.2, -0.15) is 0 Å². The largest absolute Gasteiger partial charge is 0.352 e. The van der Waals surface area contributed by atoms with Crippen molar-refractivity contribution in [2.24, 2.45) is 0 Å². The number of carbonyl (C=O) groups excluding carboxylic acids is 1. The highest BCUT2D eigenvalue weighted by atomic mass is 32.1. The van der Waals surface area contributed by atoms with Crippen molar-refractivity contribution in [1.82, 2.24) is 15.2 Å². The summed E-state index contributed by atoms with van der Waals surface area (Å²) in [6, 6.07) is 8.78. The van der Waals surface area contributed by atoms with Crippen molar-refractivity contribution in [1.29, 1.82) is 0 Å². The van der Waals surface area contributed by atoms with Gasteiger partial charge in [0.1, 0.15) is 0 Å². The molecule has 2 fully saturated rings. The molecule has 134 valence electrons. The Labute approximate surface area is 153 Å². The van der Waals surface area contributed by atoms with E-state index in [1.54, 1.807) is 0 Å². The predicted octanol–water partition coefficient (Wildman–Crippen LogP) is 3.92. The van der Waals surface area contributed by atoms with Crippen LogP contribution in [0, 0.1) is 0 Å². The molecule has 0 spiro atoms. The molecule has 2 aliphatic rings. The van der Waals surface area contributed by atoms with Crippen LogP contribution in [-0.2, 0) is 4.79 Å². The Morgan fingerprint density at radius 1 is 1.20 bits per heavy atom. The molecule has 1 aliphatic carbocycles. The Hall–Kier alpha value is -1.46. The zero-order chi connectivity index (χ0) is 17.2. The number of thiazole rings is 1. The maximum atomic E-state index is 12.5. The molecule has 2 aromatic rings. The molecule has 4 rings (SSSR count). The number of hydrogen-bond donors (Lipinski definition) is 1. The number of rotatable bonds is 4. The number of amides is 1. The first-order valence-corrected chi connectivity index (χ1v) is 10.4. The number of carbonyl (C=O) groups is 1. The van der Waals surface area contributed by atoms with Crippen molar-refractivity contribution in [2.45, 2.75) is 63.5 Å². The van der Waals surface area contributed by atoms with Crippen molar-refractivity contribution in [3.8, 4) is 0 Å². The summed E-state index contributed by atoms with van der Waals surface area (Å²) in [5.74, 6) is 0.754. The predicted molar refractivity (Wildman–Crippen MR) is 103 cm³/mol. The van der Waals surface area contributed by atoms with E-state index in [9.17, 15) is 4.79 Å². The van der Waals surface area contributed by atoms with Gasteiger partial charge in [-0.25, -0.2) is 4.98 Å². The fraction of sp³-hybridized carbons (Fsp3) is 0.600. The molecule has 1 aromatic heterocycles. The summed E-state index contributed by atoms with van der Waals surface area (Å²) in [6.07, 6.45) is 7.01. The van der Waals surface area contributed by atoms with E-state index in [-0.39, 0.29) is 11.9 Å². The lowest BCUT2D eigenvalue weighted by Crippen LogP contribution is -2.49. The molecule has 0 bridgehead atoms. The van der Waals surface area contributed by atoms with E-state index in [0.717, 1.165) is 44.3 Å². The van der Waals surface area contributed by atoms with Crippen molar-refractivity contribution < 1.29 is 4.79 Å². The fourth-order valence-electron chi connectivity index (χ4n) is 4.16. The summed E-state index contributed by atoms with van der Waals surface area (Å²) in [6.45, 7) is 4.03. The fourth-order valence-corrected chi connectivity index (χ4v) is 5.29. The second kappa shape index (κ2) is 7.42. The molecule has 1 saturated heterocycles. The lowest BCUT2D eigenvalue weighted by molar-refractivity contribution is -0.127. The standard InChI is InChI=1S/C20H27N3OS/c1-14(19(24)21-16-6-2-3-7-16)23-12-10-15(11-13-23)20-22-17-8-4-5-9-18(17)25-20/h4-5,8-9,14-16H,2-3,6-7,10-13H2,1H3,(H,21,24). The molecule has 2 heterocycles. The average molecular weight is 358 g/mol. The van der Waals surface area contributed by atoms with E-state index >= 15 is 0 Å². The van der Waals surface area contributed by atoms with Gasteiger partial charge in [0.2, 0.25) is 5.91 Å². The van der Waals surface area contributed by atoms with E-state index < -0.39 is 0 Å². The van der Waals surface area contributed by atoms with E-state index in [2.05, 4.69) is 41.4 Å². The van der Waals surface area contributed by atoms with Crippen molar-refractivity contribution in [3.63, 3.8) is 0 Å². The Morgan fingerprint density at radius 2 is 1.92 bits per heavy atom. The van der Waals surface area contributed by atoms with Crippen LogP contribution < -0.4 is 5.32 Å². The molecule has 5 heteroatoms. The molecular weight excluding hydrogens is 330 g/mol.